The fraction of sp³-hybridized carbons (Fsp3) is 0.560. The monoisotopic (exact) mass is 443 g/mol. The number of allylic oxidation sites excluding steroid dienone is 1. The van der Waals surface area contributed by atoms with Gasteiger partial charge in [0.2, 0.25) is 11.8 Å². The molecule has 1 aromatic carbocycles. The fourth-order valence-electron chi connectivity index (χ4n) is 4.35. The summed E-state index contributed by atoms with van der Waals surface area (Å²) in [5.41, 5.74) is -0.664. The number of nitrogens with zero attached hydrogens (tertiary/aromatic N) is 1. The number of carbonyl (C=O) groups is 3. The van der Waals surface area contributed by atoms with E-state index in [2.05, 4.69) is 17.2 Å². The Balaban J connectivity index is 2.21. The van der Waals surface area contributed by atoms with Gasteiger partial charge in [-0.25, -0.2) is 4.79 Å². The van der Waals surface area contributed by atoms with Crippen LogP contribution in [0.15, 0.2) is 43.0 Å². The number of amides is 3. The maximum Gasteiger partial charge on any atom is 0.407 e. The highest BCUT2D eigenvalue weighted by molar-refractivity contribution is 5.92. The molecule has 0 aromatic heterocycles. The van der Waals surface area contributed by atoms with Gasteiger partial charge in [0.1, 0.15) is 12.1 Å². The van der Waals surface area contributed by atoms with Gasteiger partial charge in [-0.05, 0) is 51.5 Å². The molecule has 176 valence electrons. The van der Waals surface area contributed by atoms with Crippen LogP contribution in [0.5, 0.6) is 0 Å². The summed E-state index contributed by atoms with van der Waals surface area (Å²) in [5, 5.41) is 5.88. The van der Waals surface area contributed by atoms with Crippen molar-refractivity contribution in [3.63, 3.8) is 0 Å². The Morgan fingerprint density at radius 1 is 1.22 bits per heavy atom. The molecule has 0 saturated heterocycles. The average Bonchev–Trinajstić information content (AvgIpc) is 2.74. The molecule has 0 radical (unpaired) electrons. The van der Waals surface area contributed by atoms with Crippen LogP contribution < -0.4 is 10.6 Å². The number of likely N-dealkylation sites (N-methyl/N-ethyl adjacent to an activating group) is 1. The number of benzene rings is 1. The predicted octanol–water partition coefficient (Wildman–Crippen LogP) is 3.65. The number of alkyl carbamates (subject to hydrolysis) is 1. The highest BCUT2D eigenvalue weighted by Gasteiger charge is 2.53. The summed E-state index contributed by atoms with van der Waals surface area (Å²) in [5.74, 6) is -0.572. The Labute approximate surface area is 191 Å². The van der Waals surface area contributed by atoms with Crippen LogP contribution in [0.4, 0.5) is 4.79 Å². The minimum atomic E-state index is -1.09. The Morgan fingerprint density at radius 2 is 1.88 bits per heavy atom. The smallest absolute Gasteiger partial charge is 0.407 e. The number of hydrogen-bond acceptors (Lipinski definition) is 4. The van der Waals surface area contributed by atoms with E-state index in [0.717, 1.165) is 12.0 Å². The van der Waals surface area contributed by atoms with E-state index in [-0.39, 0.29) is 36.8 Å². The Hall–Kier alpha value is -2.83. The third-order valence-corrected chi connectivity index (χ3v) is 6.13. The molecule has 1 saturated carbocycles. The van der Waals surface area contributed by atoms with Crippen LogP contribution >= 0.6 is 0 Å². The maximum absolute atomic E-state index is 13.6. The number of rotatable bonds is 7. The molecule has 1 aromatic rings. The predicted molar refractivity (Wildman–Crippen MR) is 125 cm³/mol. The summed E-state index contributed by atoms with van der Waals surface area (Å²) in [6.07, 6.45) is 3.27. The maximum atomic E-state index is 13.6. The molecule has 3 amide bonds. The van der Waals surface area contributed by atoms with Crippen molar-refractivity contribution in [2.45, 2.75) is 64.6 Å². The standard InChI is InChI=1S/C25H37N3O4/c1-7-19-13-14-21(16-26-23(31)32-17-20-11-9-8-10-12-20)25(15-19,28(6)18(2)29)22(30)27-24(3,4)5/h7-12,19,21H,1,13-17H2,2-6H3,(H,26,31)(H,27,30)/t19-,21?,25?/m1/s1. The summed E-state index contributed by atoms with van der Waals surface area (Å²) in [6, 6.07) is 9.43. The lowest BCUT2D eigenvalue weighted by atomic mass is 9.66. The summed E-state index contributed by atoms with van der Waals surface area (Å²) in [4.78, 5) is 40.0. The van der Waals surface area contributed by atoms with Crippen LogP contribution in [-0.2, 0) is 20.9 Å². The molecular formula is C25H37N3O4. The molecule has 7 heteroatoms. The summed E-state index contributed by atoms with van der Waals surface area (Å²) in [6.45, 7) is 11.5. The van der Waals surface area contributed by atoms with Crippen molar-refractivity contribution in [1.82, 2.24) is 15.5 Å². The molecule has 32 heavy (non-hydrogen) atoms. The van der Waals surface area contributed by atoms with Gasteiger partial charge >= 0.3 is 6.09 Å². The second-order valence-electron chi connectivity index (χ2n) is 9.62. The van der Waals surface area contributed by atoms with E-state index >= 15 is 0 Å². The molecule has 1 fully saturated rings. The van der Waals surface area contributed by atoms with E-state index in [0.29, 0.717) is 12.8 Å². The van der Waals surface area contributed by atoms with Crippen LogP contribution in [0, 0.1) is 11.8 Å². The molecule has 1 aliphatic rings. The third-order valence-electron chi connectivity index (χ3n) is 6.13. The zero-order valence-electron chi connectivity index (χ0n) is 19.9. The van der Waals surface area contributed by atoms with Crippen molar-refractivity contribution in [2.75, 3.05) is 13.6 Å². The van der Waals surface area contributed by atoms with Gasteiger partial charge in [-0.15, -0.1) is 6.58 Å². The first-order valence-corrected chi connectivity index (χ1v) is 11.1. The third kappa shape index (κ3) is 6.34. The van der Waals surface area contributed by atoms with Crippen molar-refractivity contribution < 1.29 is 19.1 Å². The molecule has 2 rings (SSSR count). The van der Waals surface area contributed by atoms with E-state index < -0.39 is 17.2 Å². The normalized spacial score (nSPS) is 23.0. The van der Waals surface area contributed by atoms with Gasteiger partial charge in [-0.2, -0.15) is 0 Å². The van der Waals surface area contributed by atoms with Crippen molar-refractivity contribution in [3.05, 3.63) is 48.6 Å². The Bertz CT molecular complexity index is 818. The zero-order chi connectivity index (χ0) is 23.9. The molecule has 0 bridgehead atoms. The van der Waals surface area contributed by atoms with E-state index in [4.69, 9.17) is 4.74 Å². The highest BCUT2D eigenvalue weighted by Crippen LogP contribution is 2.42. The molecule has 1 aliphatic carbocycles. The minimum absolute atomic E-state index is 0.101. The van der Waals surface area contributed by atoms with Gasteiger partial charge in [0, 0.05) is 32.0 Å². The van der Waals surface area contributed by atoms with Crippen LogP contribution in [0.25, 0.3) is 0 Å². The molecular weight excluding hydrogens is 406 g/mol. The van der Waals surface area contributed by atoms with Crippen LogP contribution in [0.1, 0.15) is 52.5 Å². The second kappa shape index (κ2) is 10.7. The molecule has 0 heterocycles. The largest absolute Gasteiger partial charge is 0.445 e. The number of hydrogen-bond donors (Lipinski definition) is 2. The van der Waals surface area contributed by atoms with E-state index in [1.165, 1.54) is 11.8 Å². The van der Waals surface area contributed by atoms with E-state index in [1.807, 2.05) is 57.2 Å². The minimum Gasteiger partial charge on any atom is -0.445 e. The fourth-order valence-corrected chi connectivity index (χ4v) is 4.35. The quantitative estimate of drug-likeness (QED) is 0.630. The Kier molecular flexibility index (Phi) is 8.47. The van der Waals surface area contributed by atoms with Crippen molar-refractivity contribution in [1.29, 1.82) is 0 Å². The van der Waals surface area contributed by atoms with Crippen molar-refractivity contribution in [3.8, 4) is 0 Å². The van der Waals surface area contributed by atoms with E-state index in [9.17, 15) is 14.4 Å². The van der Waals surface area contributed by atoms with Crippen LogP contribution in [-0.4, -0.2) is 47.5 Å². The van der Waals surface area contributed by atoms with Gasteiger partial charge in [-0.3, -0.25) is 9.59 Å². The molecule has 0 spiro atoms. The Morgan fingerprint density at radius 3 is 2.44 bits per heavy atom. The van der Waals surface area contributed by atoms with Crippen LogP contribution in [0.2, 0.25) is 0 Å². The first kappa shape index (κ1) is 25.4. The zero-order valence-corrected chi connectivity index (χ0v) is 19.9. The van der Waals surface area contributed by atoms with Gasteiger partial charge < -0.3 is 20.3 Å². The molecule has 2 unspecified atom stereocenters. The van der Waals surface area contributed by atoms with Crippen molar-refractivity contribution in [2.24, 2.45) is 11.8 Å². The SMILES string of the molecule is C=C[C@@H]1CCC(CNC(=O)OCc2ccccc2)C(C(=O)NC(C)(C)C)(N(C)C(C)=O)C1. The van der Waals surface area contributed by atoms with Gasteiger partial charge in [0.15, 0.2) is 0 Å². The molecule has 2 N–H and O–H groups in total. The highest BCUT2D eigenvalue weighted by atomic mass is 16.5. The van der Waals surface area contributed by atoms with Gasteiger partial charge in [0.25, 0.3) is 0 Å². The van der Waals surface area contributed by atoms with E-state index in [1.54, 1.807) is 7.05 Å². The average molecular weight is 444 g/mol. The summed E-state index contributed by atoms with van der Waals surface area (Å²) >= 11 is 0. The lowest BCUT2D eigenvalue weighted by Crippen LogP contribution is -2.68. The molecule has 0 aliphatic heterocycles. The number of nitrogens with one attached hydrogen (secondary N) is 2. The van der Waals surface area contributed by atoms with Crippen molar-refractivity contribution >= 4 is 17.9 Å². The lowest BCUT2D eigenvalue weighted by molar-refractivity contribution is -0.153. The number of ether oxygens (including phenoxy) is 1. The number of carbonyl (C=O) groups excluding carboxylic acids is 3. The van der Waals surface area contributed by atoms with Crippen LogP contribution in [0.3, 0.4) is 0 Å². The van der Waals surface area contributed by atoms with Gasteiger partial charge in [-0.1, -0.05) is 36.4 Å². The molecule has 3 atom stereocenters. The second-order valence-corrected chi connectivity index (χ2v) is 9.62. The topological polar surface area (TPSA) is 87.7 Å². The lowest BCUT2D eigenvalue weighted by Gasteiger charge is -2.51. The first-order valence-electron chi connectivity index (χ1n) is 11.1. The molecule has 7 nitrogen and oxygen atoms in total. The summed E-state index contributed by atoms with van der Waals surface area (Å²) < 4.78 is 5.33. The first-order chi connectivity index (χ1) is 15.0. The summed E-state index contributed by atoms with van der Waals surface area (Å²) in [7, 11) is 1.66. The van der Waals surface area contributed by atoms with Gasteiger partial charge in [0.05, 0.1) is 0 Å².